The van der Waals surface area contributed by atoms with Gasteiger partial charge in [0.05, 0.1) is 16.8 Å². The number of pyridine rings is 2. The van der Waals surface area contributed by atoms with E-state index in [1.165, 1.54) is 0 Å². The molecule has 0 radical (unpaired) electrons. The molecule has 1 aliphatic rings. The van der Waals surface area contributed by atoms with Crippen LogP contribution in [0.5, 0.6) is 11.5 Å². The first-order valence-corrected chi connectivity index (χ1v) is 9.25. The number of nitrogens with zero attached hydrogens (tertiary/aromatic N) is 2. The van der Waals surface area contributed by atoms with Gasteiger partial charge in [-0.2, -0.15) is 0 Å². The normalized spacial score (nSPS) is 12.1. The SMILES string of the molecule is O=C(NCc1ccncc1)c1cc(-c2ccc3c(c2)OCO3)nc2ccccc12. The third-order valence-electron chi connectivity index (χ3n) is 4.83. The molecule has 0 atom stereocenters. The number of benzene rings is 2. The van der Waals surface area contributed by atoms with Crippen molar-refractivity contribution in [3.8, 4) is 22.8 Å². The third kappa shape index (κ3) is 3.36. The average Bonchev–Trinajstić information content (AvgIpc) is 3.25. The van der Waals surface area contributed by atoms with Crippen LogP contribution in [0.4, 0.5) is 0 Å². The zero-order valence-corrected chi connectivity index (χ0v) is 15.5. The second-order valence-corrected chi connectivity index (χ2v) is 6.68. The topological polar surface area (TPSA) is 73.3 Å². The van der Waals surface area contributed by atoms with Gasteiger partial charge in [-0.15, -0.1) is 0 Å². The largest absolute Gasteiger partial charge is 0.454 e. The fourth-order valence-corrected chi connectivity index (χ4v) is 3.35. The molecule has 2 aromatic heterocycles. The molecule has 0 bridgehead atoms. The Morgan fingerprint density at radius 1 is 0.966 bits per heavy atom. The van der Waals surface area contributed by atoms with Gasteiger partial charge in [-0.3, -0.25) is 9.78 Å². The van der Waals surface area contributed by atoms with Crippen molar-refractivity contribution in [2.75, 3.05) is 6.79 Å². The number of amides is 1. The molecule has 0 saturated heterocycles. The predicted octanol–water partition coefficient (Wildman–Crippen LogP) is 3.96. The van der Waals surface area contributed by atoms with E-state index in [2.05, 4.69) is 10.3 Å². The Balaban J connectivity index is 1.53. The minimum atomic E-state index is -0.151. The van der Waals surface area contributed by atoms with E-state index in [9.17, 15) is 4.79 Å². The number of para-hydroxylation sites is 1. The van der Waals surface area contributed by atoms with Crippen LogP contribution < -0.4 is 14.8 Å². The Morgan fingerprint density at radius 3 is 2.69 bits per heavy atom. The maximum absolute atomic E-state index is 13.0. The lowest BCUT2D eigenvalue weighted by Crippen LogP contribution is -2.23. The smallest absolute Gasteiger partial charge is 0.252 e. The number of hydrogen-bond acceptors (Lipinski definition) is 5. The number of ether oxygens (including phenoxy) is 2. The predicted molar refractivity (Wildman–Crippen MR) is 109 cm³/mol. The van der Waals surface area contributed by atoms with Crippen LogP contribution in [0.1, 0.15) is 15.9 Å². The number of carbonyl (C=O) groups is 1. The lowest BCUT2D eigenvalue weighted by atomic mass is 10.0. The van der Waals surface area contributed by atoms with Crippen LogP contribution >= 0.6 is 0 Å². The molecule has 0 aliphatic carbocycles. The molecule has 1 aliphatic heterocycles. The third-order valence-corrected chi connectivity index (χ3v) is 4.83. The van der Waals surface area contributed by atoms with Crippen LogP contribution in [0.3, 0.4) is 0 Å². The van der Waals surface area contributed by atoms with Crippen molar-refractivity contribution in [2.24, 2.45) is 0 Å². The van der Waals surface area contributed by atoms with E-state index in [-0.39, 0.29) is 12.7 Å². The van der Waals surface area contributed by atoms with E-state index in [1.54, 1.807) is 12.4 Å². The highest BCUT2D eigenvalue weighted by atomic mass is 16.7. The van der Waals surface area contributed by atoms with Crippen LogP contribution in [0.25, 0.3) is 22.2 Å². The Labute approximate surface area is 167 Å². The summed E-state index contributed by atoms with van der Waals surface area (Å²) < 4.78 is 10.9. The number of nitrogens with one attached hydrogen (secondary N) is 1. The molecular weight excluding hydrogens is 366 g/mol. The highest BCUT2D eigenvalue weighted by molar-refractivity contribution is 6.07. The molecule has 6 nitrogen and oxygen atoms in total. The number of rotatable bonds is 4. The molecule has 3 heterocycles. The summed E-state index contributed by atoms with van der Waals surface area (Å²) in [4.78, 5) is 21.8. The van der Waals surface area contributed by atoms with Crippen molar-refractivity contribution in [1.82, 2.24) is 15.3 Å². The highest BCUT2D eigenvalue weighted by Crippen LogP contribution is 2.36. The van der Waals surface area contributed by atoms with E-state index in [1.807, 2.05) is 60.7 Å². The number of fused-ring (bicyclic) bond motifs is 2. The Kier molecular flexibility index (Phi) is 4.29. The van der Waals surface area contributed by atoms with Gasteiger partial charge >= 0.3 is 0 Å². The van der Waals surface area contributed by atoms with E-state index in [0.717, 1.165) is 22.0 Å². The van der Waals surface area contributed by atoms with Gasteiger partial charge in [-0.05, 0) is 48.0 Å². The van der Waals surface area contributed by atoms with Crippen molar-refractivity contribution in [3.05, 3.63) is 84.2 Å². The quantitative estimate of drug-likeness (QED) is 0.578. The molecular formula is C23H17N3O3. The van der Waals surface area contributed by atoms with E-state index >= 15 is 0 Å². The highest BCUT2D eigenvalue weighted by Gasteiger charge is 2.17. The Hall–Kier alpha value is -3.93. The second-order valence-electron chi connectivity index (χ2n) is 6.68. The zero-order valence-electron chi connectivity index (χ0n) is 15.5. The van der Waals surface area contributed by atoms with Gasteiger partial charge in [-0.25, -0.2) is 4.98 Å². The van der Waals surface area contributed by atoms with Gasteiger partial charge in [0.15, 0.2) is 11.5 Å². The first-order valence-electron chi connectivity index (χ1n) is 9.25. The van der Waals surface area contributed by atoms with Crippen LogP contribution in [-0.4, -0.2) is 22.7 Å². The molecule has 2 aromatic carbocycles. The molecule has 0 unspecified atom stereocenters. The molecule has 29 heavy (non-hydrogen) atoms. The molecule has 0 saturated carbocycles. The summed E-state index contributed by atoms with van der Waals surface area (Å²) in [7, 11) is 0. The fraction of sp³-hybridized carbons (Fsp3) is 0.0870. The summed E-state index contributed by atoms with van der Waals surface area (Å²) in [6, 6.07) is 18.9. The van der Waals surface area contributed by atoms with Gasteiger partial charge < -0.3 is 14.8 Å². The number of aromatic nitrogens is 2. The van der Waals surface area contributed by atoms with Crippen molar-refractivity contribution >= 4 is 16.8 Å². The van der Waals surface area contributed by atoms with Crippen molar-refractivity contribution in [3.63, 3.8) is 0 Å². The fourth-order valence-electron chi connectivity index (χ4n) is 3.35. The molecule has 6 heteroatoms. The second kappa shape index (κ2) is 7.24. The van der Waals surface area contributed by atoms with E-state index in [4.69, 9.17) is 14.5 Å². The van der Waals surface area contributed by atoms with Crippen LogP contribution in [0, 0.1) is 0 Å². The summed E-state index contributed by atoms with van der Waals surface area (Å²) in [5.41, 5.74) is 3.90. The van der Waals surface area contributed by atoms with Crippen molar-refractivity contribution in [2.45, 2.75) is 6.54 Å². The standard InChI is InChI=1S/C23H17N3O3/c27-23(25-13-15-7-9-24-10-8-15)18-12-20(26-19-4-2-1-3-17(18)19)16-5-6-21-22(11-16)29-14-28-21/h1-12H,13-14H2,(H,25,27). The van der Waals surface area contributed by atoms with Gasteiger partial charge in [0, 0.05) is 29.9 Å². The first kappa shape index (κ1) is 17.2. The molecule has 1 amide bonds. The maximum atomic E-state index is 13.0. The lowest BCUT2D eigenvalue weighted by molar-refractivity contribution is 0.0952. The number of hydrogen-bond donors (Lipinski definition) is 1. The van der Waals surface area contributed by atoms with E-state index in [0.29, 0.717) is 29.3 Å². The summed E-state index contributed by atoms with van der Waals surface area (Å²) in [5.74, 6) is 1.24. The molecule has 0 fully saturated rings. The first-order chi connectivity index (χ1) is 14.3. The summed E-state index contributed by atoms with van der Waals surface area (Å²) in [6.07, 6.45) is 3.42. The summed E-state index contributed by atoms with van der Waals surface area (Å²) >= 11 is 0. The van der Waals surface area contributed by atoms with Crippen LogP contribution in [0.2, 0.25) is 0 Å². The molecule has 1 N–H and O–H groups in total. The van der Waals surface area contributed by atoms with Gasteiger partial charge in [0.1, 0.15) is 0 Å². The minimum Gasteiger partial charge on any atom is -0.454 e. The lowest BCUT2D eigenvalue weighted by Gasteiger charge is -2.11. The van der Waals surface area contributed by atoms with Crippen molar-refractivity contribution < 1.29 is 14.3 Å². The molecule has 142 valence electrons. The molecule has 0 spiro atoms. The van der Waals surface area contributed by atoms with Gasteiger partial charge in [0.2, 0.25) is 6.79 Å². The molecule has 4 aromatic rings. The van der Waals surface area contributed by atoms with Gasteiger partial charge in [0.25, 0.3) is 5.91 Å². The minimum absolute atomic E-state index is 0.151. The Morgan fingerprint density at radius 2 is 1.79 bits per heavy atom. The monoisotopic (exact) mass is 383 g/mol. The average molecular weight is 383 g/mol. The van der Waals surface area contributed by atoms with Crippen LogP contribution in [-0.2, 0) is 6.54 Å². The van der Waals surface area contributed by atoms with Gasteiger partial charge in [-0.1, -0.05) is 18.2 Å². The number of carbonyl (C=O) groups excluding carboxylic acids is 1. The maximum Gasteiger partial charge on any atom is 0.252 e. The van der Waals surface area contributed by atoms with E-state index < -0.39 is 0 Å². The zero-order chi connectivity index (χ0) is 19.6. The summed E-state index contributed by atoms with van der Waals surface area (Å²) in [5, 5.41) is 3.80. The van der Waals surface area contributed by atoms with Crippen LogP contribution in [0.15, 0.2) is 73.1 Å². The Bertz CT molecular complexity index is 1210. The molecule has 5 rings (SSSR count). The van der Waals surface area contributed by atoms with Crippen molar-refractivity contribution in [1.29, 1.82) is 0 Å². The summed E-state index contributed by atoms with van der Waals surface area (Å²) in [6.45, 7) is 0.643.